The third-order valence-electron chi connectivity index (χ3n) is 7.24. The van der Waals surface area contributed by atoms with Crippen molar-refractivity contribution in [2.24, 2.45) is 5.92 Å². The van der Waals surface area contributed by atoms with E-state index < -0.39 is 11.9 Å². The summed E-state index contributed by atoms with van der Waals surface area (Å²) in [5, 5.41) is 16.7. The van der Waals surface area contributed by atoms with Gasteiger partial charge >= 0.3 is 5.97 Å². The van der Waals surface area contributed by atoms with Crippen LogP contribution in [0.15, 0.2) is 42.7 Å². The van der Waals surface area contributed by atoms with Gasteiger partial charge in [-0.1, -0.05) is 6.42 Å². The van der Waals surface area contributed by atoms with E-state index in [-0.39, 0.29) is 23.8 Å². The number of aromatic nitrogens is 2. The number of rotatable bonds is 6. The molecule has 8 nitrogen and oxygen atoms in total. The van der Waals surface area contributed by atoms with E-state index in [1.807, 2.05) is 18.3 Å². The Morgan fingerprint density at radius 2 is 2.03 bits per heavy atom. The Morgan fingerprint density at radius 1 is 1.17 bits per heavy atom. The van der Waals surface area contributed by atoms with E-state index in [9.17, 15) is 19.1 Å². The summed E-state index contributed by atoms with van der Waals surface area (Å²) in [6, 6.07) is 8.27. The largest absolute Gasteiger partial charge is 0.496 e. The summed E-state index contributed by atoms with van der Waals surface area (Å²) in [7, 11) is 1.59. The number of carbonyl (C=O) groups excluding carboxylic acids is 1. The van der Waals surface area contributed by atoms with Crippen molar-refractivity contribution in [3.8, 4) is 5.75 Å². The van der Waals surface area contributed by atoms with Gasteiger partial charge < -0.3 is 20.1 Å². The molecule has 2 fully saturated rings. The van der Waals surface area contributed by atoms with Gasteiger partial charge in [0.2, 0.25) is 0 Å². The number of carbonyl (C=O) groups is 2. The molecule has 1 amide bonds. The molecular weight excluding hydrogens is 451 g/mol. The second kappa shape index (κ2) is 9.56. The number of halogens is 1. The van der Waals surface area contributed by atoms with Gasteiger partial charge in [0.15, 0.2) is 0 Å². The zero-order chi connectivity index (χ0) is 24.5. The van der Waals surface area contributed by atoms with Crippen LogP contribution in [0.4, 0.5) is 10.1 Å². The standard InChI is InChI=1S/C26H29FN4O4/c1-35-24-8-7-17(27)13-20(24)22-6-3-10-30(22)19-9-11-31-23(14-19)21(15-28-31)25(32)29-18-5-2-4-16(12-18)26(33)34/h7-9,11,13-16,18,22H,2-6,10,12H2,1H3,(H,29,32)(H,33,34). The van der Waals surface area contributed by atoms with E-state index in [0.717, 1.165) is 43.5 Å². The molecule has 184 valence electrons. The highest BCUT2D eigenvalue weighted by atomic mass is 19.1. The molecule has 0 spiro atoms. The normalized spacial score (nSPS) is 22.3. The van der Waals surface area contributed by atoms with Gasteiger partial charge in [0.05, 0.1) is 36.3 Å². The van der Waals surface area contributed by atoms with Gasteiger partial charge in [-0.2, -0.15) is 5.10 Å². The average molecular weight is 481 g/mol. The minimum Gasteiger partial charge on any atom is -0.496 e. The molecule has 5 rings (SSSR count). The Bertz CT molecular complexity index is 1260. The lowest BCUT2D eigenvalue weighted by atomic mass is 9.85. The van der Waals surface area contributed by atoms with Crippen molar-refractivity contribution in [2.45, 2.75) is 50.6 Å². The molecular formula is C26H29FN4O4. The summed E-state index contributed by atoms with van der Waals surface area (Å²) in [6.45, 7) is 0.800. The lowest BCUT2D eigenvalue weighted by Crippen LogP contribution is -2.39. The minimum atomic E-state index is -0.806. The highest BCUT2D eigenvalue weighted by Crippen LogP contribution is 2.40. The number of methoxy groups -OCH3 is 1. The molecule has 1 aliphatic carbocycles. The van der Waals surface area contributed by atoms with Crippen molar-refractivity contribution in [1.29, 1.82) is 0 Å². The summed E-state index contributed by atoms with van der Waals surface area (Å²) in [6.07, 6.45) is 7.82. The first-order valence-electron chi connectivity index (χ1n) is 12.1. The summed E-state index contributed by atoms with van der Waals surface area (Å²) >= 11 is 0. The van der Waals surface area contributed by atoms with E-state index in [0.29, 0.717) is 29.7 Å². The van der Waals surface area contributed by atoms with Crippen molar-refractivity contribution in [1.82, 2.24) is 14.9 Å². The Morgan fingerprint density at radius 3 is 2.83 bits per heavy atom. The number of nitrogens with one attached hydrogen (secondary N) is 1. The number of carboxylic acids is 1. The van der Waals surface area contributed by atoms with Crippen LogP contribution in [-0.2, 0) is 4.79 Å². The number of hydrogen-bond acceptors (Lipinski definition) is 5. The molecule has 3 atom stereocenters. The molecule has 35 heavy (non-hydrogen) atoms. The summed E-state index contributed by atoms with van der Waals surface area (Å²) < 4.78 is 21.2. The van der Waals surface area contributed by atoms with E-state index in [4.69, 9.17) is 4.74 Å². The maximum absolute atomic E-state index is 14.1. The molecule has 3 aromatic rings. The van der Waals surface area contributed by atoms with Crippen LogP contribution in [0.5, 0.6) is 5.75 Å². The summed E-state index contributed by atoms with van der Waals surface area (Å²) in [4.78, 5) is 26.7. The molecule has 0 bridgehead atoms. The zero-order valence-corrected chi connectivity index (χ0v) is 19.6. The molecule has 2 aliphatic rings. The highest BCUT2D eigenvalue weighted by Gasteiger charge is 2.31. The first kappa shape index (κ1) is 23.1. The fraction of sp³-hybridized carbons (Fsp3) is 0.423. The van der Waals surface area contributed by atoms with Crippen LogP contribution in [-0.4, -0.2) is 46.3 Å². The number of carboxylic acid groups (broad SMARTS) is 1. The summed E-state index contributed by atoms with van der Waals surface area (Å²) in [5.41, 5.74) is 2.84. The van der Waals surface area contributed by atoms with Crippen molar-refractivity contribution in [3.05, 3.63) is 59.7 Å². The number of fused-ring (bicyclic) bond motifs is 1. The Kier molecular flexibility index (Phi) is 6.32. The number of nitrogens with zero attached hydrogens (tertiary/aromatic N) is 3. The van der Waals surface area contributed by atoms with Crippen LogP contribution in [0.2, 0.25) is 0 Å². The minimum absolute atomic E-state index is 0.0431. The van der Waals surface area contributed by atoms with E-state index in [1.54, 1.807) is 23.9 Å². The first-order chi connectivity index (χ1) is 16.9. The molecule has 2 aromatic heterocycles. The highest BCUT2D eigenvalue weighted by molar-refractivity contribution is 6.01. The molecule has 1 aromatic carbocycles. The molecule has 3 heterocycles. The smallest absolute Gasteiger partial charge is 0.306 e. The Labute approximate surface area is 202 Å². The second-order valence-corrected chi connectivity index (χ2v) is 9.38. The van der Waals surface area contributed by atoms with Crippen molar-refractivity contribution in [2.75, 3.05) is 18.6 Å². The van der Waals surface area contributed by atoms with Gasteiger partial charge in [-0.05, 0) is 62.4 Å². The van der Waals surface area contributed by atoms with Gasteiger partial charge in [0.25, 0.3) is 5.91 Å². The van der Waals surface area contributed by atoms with Crippen LogP contribution in [0, 0.1) is 11.7 Å². The zero-order valence-electron chi connectivity index (χ0n) is 19.6. The molecule has 1 saturated heterocycles. The number of benzene rings is 1. The van der Waals surface area contributed by atoms with Gasteiger partial charge in [0, 0.05) is 30.0 Å². The van der Waals surface area contributed by atoms with Crippen LogP contribution in [0.25, 0.3) is 5.52 Å². The predicted octanol–water partition coefficient (Wildman–Crippen LogP) is 4.20. The second-order valence-electron chi connectivity index (χ2n) is 9.38. The number of amides is 1. The van der Waals surface area contributed by atoms with Gasteiger partial charge in [0.1, 0.15) is 11.6 Å². The summed E-state index contributed by atoms with van der Waals surface area (Å²) in [5.74, 6) is -1.12. The average Bonchev–Trinajstić information content (AvgIpc) is 3.51. The molecule has 1 saturated carbocycles. The van der Waals surface area contributed by atoms with Gasteiger partial charge in [-0.15, -0.1) is 0 Å². The van der Waals surface area contributed by atoms with Crippen molar-refractivity contribution >= 4 is 23.1 Å². The SMILES string of the molecule is COc1ccc(F)cc1C1CCCN1c1ccn2ncc(C(=O)NC3CCCC(C(=O)O)C3)c2c1. The number of aliphatic carboxylic acids is 1. The first-order valence-corrected chi connectivity index (χ1v) is 12.1. The van der Waals surface area contributed by atoms with E-state index in [1.165, 1.54) is 12.1 Å². The van der Waals surface area contributed by atoms with E-state index >= 15 is 0 Å². The molecule has 2 N–H and O–H groups in total. The molecule has 0 radical (unpaired) electrons. The van der Waals surface area contributed by atoms with Gasteiger partial charge in [-0.25, -0.2) is 8.91 Å². The number of hydrogen-bond donors (Lipinski definition) is 2. The molecule has 1 aliphatic heterocycles. The lowest BCUT2D eigenvalue weighted by molar-refractivity contribution is -0.143. The van der Waals surface area contributed by atoms with E-state index in [2.05, 4.69) is 15.3 Å². The number of anilines is 1. The Balaban J connectivity index is 1.41. The fourth-order valence-electron chi connectivity index (χ4n) is 5.50. The molecule has 9 heteroatoms. The van der Waals surface area contributed by atoms with Crippen LogP contribution >= 0.6 is 0 Å². The van der Waals surface area contributed by atoms with Crippen LogP contribution < -0.4 is 15.0 Å². The lowest BCUT2D eigenvalue weighted by Gasteiger charge is -2.28. The van der Waals surface area contributed by atoms with Gasteiger partial charge in [-0.3, -0.25) is 9.59 Å². The third-order valence-corrected chi connectivity index (χ3v) is 7.24. The van der Waals surface area contributed by atoms with Crippen molar-refractivity contribution < 1.29 is 23.8 Å². The van der Waals surface area contributed by atoms with Crippen LogP contribution in [0.1, 0.15) is 60.5 Å². The quantitative estimate of drug-likeness (QED) is 0.549. The Hall–Kier alpha value is -3.62. The number of ether oxygens (including phenoxy) is 1. The maximum atomic E-state index is 14.1. The maximum Gasteiger partial charge on any atom is 0.306 e. The predicted molar refractivity (Wildman–Crippen MR) is 128 cm³/mol. The number of pyridine rings is 1. The third kappa shape index (κ3) is 4.54. The monoisotopic (exact) mass is 480 g/mol. The fourth-order valence-corrected chi connectivity index (χ4v) is 5.50. The molecule has 3 unspecified atom stereocenters. The topological polar surface area (TPSA) is 96.2 Å². The van der Waals surface area contributed by atoms with Crippen molar-refractivity contribution in [3.63, 3.8) is 0 Å². The van der Waals surface area contributed by atoms with Crippen LogP contribution in [0.3, 0.4) is 0 Å².